The van der Waals surface area contributed by atoms with E-state index in [1.807, 2.05) is 13.8 Å². The molecule has 7 heteroatoms. The van der Waals surface area contributed by atoms with Crippen LogP contribution in [-0.2, 0) is 24.4 Å². The molecule has 5 aliphatic rings. The fraction of sp³-hybridized carbons (Fsp3) is 1.00. The number of rotatable bonds is 0. The van der Waals surface area contributed by atoms with Crippen LogP contribution in [0.2, 0.25) is 0 Å². The SMILES string of the molecule is CC1(C)C2C(OC3C4CCCCC4S(=O)(=O)C31)C1CCCCC1S2(=O)=O. The van der Waals surface area contributed by atoms with Gasteiger partial charge in [0.05, 0.1) is 33.2 Å². The van der Waals surface area contributed by atoms with Gasteiger partial charge in [0, 0.05) is 17.3 Å². The van der Waals surface area contributed by atoms with Crippen molar-refractivity contribution in [1.82, 2.24) is 0 Å². The Morgan fingerprint density at radius 1 is 0.692 bits per heavy atom. The number of hydrogen-bond acceptors (Lipinski definition) is 5. The van der Waals surface area contributed by atoms with Crippen molar-refractivity contribution < 1.29 is 21.6 Å². The predicted octanol–water partition coefficient (Wildman–Crippen LogP) is 2.49. The molecule has 0 aromatic carbocycles. The minimum atomic E-state index is -3.37. The molecule has 5 nitrogen and oxygen atoms in total. The van der Waals surface area contributed by atoms with Gasteiger partial charge >= 0.3 is 0 Å². The minimum Gasteiger partial charge on any atom is -0.372 e. The Morgan fingerprint density at radius 3 is 1.50 bits per heavy atom. The van der Waals surface area contributed by atoms with E-state index in [-0.39, 0.29) is 34.5 Å². The third kappa shape index (κ3) is 2.06. The summed E-state index contributed by atoms with van der Waals surface area (Å²) in [6, 6.07) is 0. The molecule has 8 atom stereocenters. The van der Waals surface area contributed by atoms with E-state index >= 15 is 0 Å². The zero-order valence-corrected chi connectivity index (χ0v) is 17.3. The van der Waals surface area contributed by atoms with Crippen molar-refractivity contribution in [2.45, 2.75) is 98.4 Å². The van der Waals surface area contributed by atoms with E-state index in [1.165, 1.54) is 0 Å². The summed E-state index contributed by atoms with van der Waals surface area (Å²) in [6.45, 7) is 3.79. The molecule has 0 N–H and O–H groups in total. The zero-order valence-electron chi connectivity index (χ0n) is 15.6. The third-order valence-electron chi connectivity index (χ3n) is 8.28. The topological polar surface area (TPSA) is 77.5 Å². The second-order valence-electron chi connectivity index (χ2n) is 9.88. The van der Waals surface area contributed by atoms with Crippen LogP contribution in [0.1, 0.15) is 65.2 Å². The normalized spacial score (nSPS) is 53.2. The van der Waals surface area contributed by atoms with Crippen molar-refractivity contribution in [3.8, 4) is 0 Å². The zero-order chi connectivity index (χ0) is 18.5. The van der Waals surface area contributed by atoms with Crippen LogP contribution < -0.4 is 0 Å². The lowest BCUT2D eigenvalue weighted by atomic mass is 9.70. The molecule has 0 aromatic rings. The molecule has 0 bridgehead atoms. The summed E-state index contributed by atoms with van der Waals surface area (Å²) < 4.78 is 60.2. The molecule has 5 rings (SSSR count). The van der Waals surface area contributed by atoms with Gasteiger partial charge in [-0.3, -0.25) is 0 Å². The smallest absolute Gasteiger partial charge is 0.159 e. The molecular weight excluding hydrogens is 372 g/mol. The summed E-state index contributed by atoms with van der Waals surface area (Å²) in [5.41, 5.74) is -0.778. The van der Waals surface area contributed by atoms with Crippen LogP contribution in [0.5, 0.6) is 0 Å². The van der Waals surface area contributed by atoms with E-state index in [1.54, 1.807) is 0 Å². The standard InChI is InChI=1S/C19H30O5S2/c1-19(2)17-15(11-7-3-5-9-13(11)25(17,20)21)24-16-12-8-4-6-10-14(12)26(22,23)18(16)19/h11-18H,3-10H2,1-2H3. The molecule has 3 saturated heterocycles. The second kappa shape index (κ2) is 5.47. The Morgan fingerprint density at radius 2 is 1.08 bits per heavy atom. The van der Waals surface area contributed by atoms with Crippen molar-refractivity contribution in [3.63, 3.8) is 0 Å². The van der Waals surface area contributed by atoms with Gasteiger partial charge in [-0.2, -0.15) is 0 Å². The van der Waals surface area contributed by atoms with Crippen LogP contribution in [0.3, 0.4) is 0 Å². The summed E-state index contributed by atoms with van der Waals surface area (Å²) in [7, 11) is -6.73. The summed E-state index contributed by atoms with van der Waals surface area (Å²) in [4.78, 5) is 0. The number of fused-ring (bicyclic) bond motifs is 6. The van der Waals surface area contributed by atoms with Gasteiger partial charge in [-0.05, 0) is 25.7 Å². The molecule has 8 unspecified atom stereocenters. The van der Waals surface area contributed by atoms with Crippen LogP contribution in [0.4, 0.5) is 0 Å². The van der Waals surface area contributed by atoms with Crippen LogP contribution >= 0.6 is 0 Å². The molecule has 0 aromatic heterocycles. The summed E-state index contributed by atoms with van der Waals surface area (Å²) >= 11 is 0. The highest BCUT2D eigenvalue weighted by Crippen LogP contribution is 2.60. The summed E-state index contributed by atoms with van der Waals surface area (Å²) in [6.07, 6.45) is 6.64. The molecular formula is C19H30O5S2. The predicted molar refractivity (Wildman–Crippen MR) is 99.3 cm³/mol. The highest BCUT2D eigenvalue weighted by Gasteiger charge is 2.72. The van der Waals surface area contributed by atoms with Crippen LogP contribution in [0.25, 0.3) is 0 Å². The summed E-state index contributed by atoms with van der Waals surface area (Å²) in [5, 5.41) is -1.98. The highest BCUT2D eigenvalue weighted by atomic mass is 32.2. The maximum absolute atomic E-state index is 13.4. The van der Waals surface area contributed by atoms with Gasteiger partial charge in [0.15, 0.2) is 19.7 Å². The molecule has 0 amide bonds. The quantitative estimate of drug-likeness (QED) is 0.622. The number of ether oxygens (including phenoxy) is 1. The van der Waals surface area contributed by atoms with Crippen LogP contribution in [0.15, 0.2) is 0 Å². The Balaban J connectivity index is 1.64. The average Bonchev–Trinajstić information content (AvgIpc) is 2.96. The van der Waals surface area contributed by atoms with E-state index in [9.17, 15) is 16.8 Å². The maximum atomic E-state index is 13.4. The second-order valence-corrected chi connectivity index (χ2v) is 14.5. The van der Waals surface area contributed by atoms with Gasteiger partial charge in [0.2, 0.25) is 0 Å². The first-order valence-electron chi connectivity index (χ1n) is 10.3. The van der Waals surface area contributed by atoms with Gasteiger partial charge in [-0.25, -0.2) is 16.8 Å². The monoisotopic (exact) mass is 402 g/mol. The van der Waals surface area contributed by atoms with E-state index < -0.39 is 35.6 Å². The Hall–Kier alpha value is -0.140. The third-order valence-corrected chi connectivity index (χ3v) is 14.3. The van der Waals surface area contributed by atoms with Crippen molar-refractivity contribution in [3.05, 3.63) is 0 Å². The van der Waals surface area contributed by atoms with Crippen molar-refractivity contribution in [2.24, 2.45) is 17.3 Å². The van der Waals surface area contributed by atoms with Crippen LogP contribution in [0, 0.1) is 17.3 Å². The molecule has 2 saturated carbocycles. The van der Waals surface area contributed by atoms with Gasteiger partial charge in [0.25, 0.3) is 0 Å². The Labute approximate surface area is 157 Å². The molecule has 0 spiro atoms. The fourth-order valence-electron chi connectivity index (χ4n) is 7.40. The highest BCUT2D eigenvalue weighted by molar-refractivity contribution is 7.94. The largest absolute Gasteiger partial charge is 0.372 e. The first kappa shape index (κ1) is 17.9. The van der Waals surface area contributed by atoms with Gasteiger partial charge in [-0.1, -0.05) is 39.5 Å². The minimum absolute atomic E-state index is 0.0596. The average molecular weight is 403 g/mol. The molecule has 0 radical (unpaired) electrons. The van der Waals surface area contributed by atoms with Gasteiger partial charge in [0.1, 0.15) is 0 Å². The van der Waals surface area contributed by atoms with Gasteiger partial charge in [-0.15, -0.1) is 0 Å². The number of hydrogen-bond donors (Lipinski definition) is 0. The molecule has 3 heterocycles. The van der Waals surface area contributed by atoms with Crippen molar-refractivity contribution in [2.75, 3.05) is 0 Å². The van der Waals surface area contributed by atoms with Crippen LogP contribution in [-0.4, -0.2) is 50.0 Å². The molecule has 5 fully saturated rings. The first-order valence-corrected chi connectivity index (χ1v) is 13.5. The lowest BCUT2D eigenvalue weighted by Crippen LogP contribution is -2.60. The summed E-state index contributed by atoms with van der Waals surface area (Å²) in [5.74, 6) is 0.119. The first-order chi connectivity index (χ1) is 12.2. The van der Waals surface area contributed by atoms with Gasteiger partial charge < -0.3 is 4.74 Å². The molecule has 3 aliphatic heterocycles. The molecule has 148 valence electrons. The van der Waals surface area contributed by atoms with E-state index in [0.717, 1.165) is 38.5 Å². The van der Waals surface area contributed by atoms with E-state index in [2.05, 4.69) is 0 Å². The Bertz CT molecular complexity index is 749. The molecule has 2 aliphatic carbocycles. The maximum Gasteiger partial charge on any atom is 0.159 e. The Kier molecular flexibility index (Phi) is 3.77. The van der Waals surface area contributed by atoms with E-state index in [0.29, 0.717) is 12.8 Å². The van der Waals surface area contributed by atoms with Crippen molar-refractivity contribution in [1.29, 1.82) is 0 Å². The van der Waals surface area contributed by atoms with E-state index in [4.69, 9.17) is 4.74 Å². The fourth-order valence-corrected chi connectivity index (χ4v) is 14.1. The number of sulfone groups is 2. The van der Waals surface area contributed by atoms with Crippen molar-refractivity contribution >= 4 is 19.7 Å². The lowest BCUT2D eigenvalue weighted by Gasteiger charge is -2.48. The molecule has 26 heavy (non-hydrogen) atoms. The lowest BCUT2D eigenvalue weighted by molar-refractivity contribution is -0.122.